The van der Waals surface area contributed by atoms with E-state index in [0.717, 1.165) is 5.56 Å². The number of nitrogens with one attached hydrogen (secondary N) is 2. The maximum absolute atomic E-state index is 12.8. The van der Waals surface area contributed by atoms with Gasteiger partial charge in [0.25, 0.3) is 10.0 Å². The summed E-state index contributed by atoms with van der Waals surface area (Å²) in [4.78, 5) is 7.78. The molecule has 0 spiro atoms. The largest absolute Gasteiger partial charge is 0.493 e. The molecular formula is C21H18ClN3O4S. The molecule has 0 radical (unpaired) electrons. The lowest BCUT2D eigenvalue weighted by Gasteiger charge is -2.11. The molecule has 0 aliphatic rings. The van der Waals surface area contributed by atoms with Gasteiger partial charge >= 0.3 is 0 Å². The first-order valence-corrected chi connectivity index (χ1v) is 10.8. The molecule has 3 aromatic carbocycles. The van der Waals surface area contributed by atoms with Gasteiger partial charge in [0.15, 0.2) is 11.5 Å². The van der Waals surface area contributed by atoms with Crippen LogP contribution in [0.4, 0.5) is 5.69 Å². The van der Waals surface area contributed by atoms with E-state index in [4.69, 9.17) is 21.1 Å². The average molecular weight is 444 g/mol. The number of aromatic nitrogens is 2. The molecule has 0 amide bonds. The lowest BCUT2D eigenvalue weighted by Crippen LogP contribution is -2.13. The van der Waals surface area contributed by atoms with Crippen molar-refractivity contribution in [2.24, 2.45) is 0 Å². The Morgan fingerprint density at radius 1 is 0.967 bits per heavy atom. The highest BCUT2D eigenvalue weighted by atomic mass is 35.5. The van der Waals surface area contributed by atoms with Crippen molar-refractivity contribution >= 4 is 38.3 Å². The van der Waals surface area contributed by atoms with E-state index in [9.17, 15) is 8.42 Å². The van der Waals surface area contributed by atoms with Crippen molar-refractivity contribution in [1.29, 1.82) is 0 Å². The fourth-order valence-corrected chi connectivity index (χ4v) is 4.34. The van der Waals surface area contributed by atoms with Gasteiger partial charge in [0, 0.05) is 11.6 Å². The number of sulfonamides is 1. The maximum atomic E-state index is 12.8. The van der Waals surface area contributed by atoms with Crippen LogP contribution in [0, 0.1) is 0 Å². The maximum Gasteiger partial charge on any atom is 0.262 e. The minimum atomic E-state index is -3.83. The van der Waals surface area contributed by atoms with Crippen LogP contribution >= 0.6 is 11.6 Å². The van der Waals surface area contributed by atoms with Crippen LogP contribution in [0.25, 0.3) is 22.4 Å². The lowest BCUT2D eigenvalue weighted by atomic mass is 10.2. The summed E-state index contributed by atoms with van der Waals surface area (Å²) in [5, 5.41) is 0.575. The average Bonchev–Trinajstić information content (AvgIpc) is 3.16. The first kappa shape index (κ1) is 20.1. The molecular weight excluding hydrogens is 426 g/mol. The van der Waals surface area contributed by atoms with Crippen molar-refractivity contribution in [3.63, 3.8) is 0 Å². The number of ether oxygens (including phenoxy) is 2. The summed E-state index contributed by atoms with van der Waals surface area (Å²) < 4.78 is 38.6. The minimum absolute atomic E-state index is 0.0571. The predicted octanol–water partition coefficient (Wildman–Crippen LogP) is 4.70. The molecule has 1 aromatic heterocycles. The van der Waals surface area contributed by atoms with E-state index >= 15 is 0 Å². The zero-order valence-electron chi connectivity index (χ0n) is 16.1. The molecule has 30 heavy (non-hydrogen) atoms. The second-order valence-electron chi connectivity index (χ2n) is 6.42. The Kier molecular flexibility index (Phi) is 5.27. The summed E-state index contributed by atoms with van der Waals surface area (Å²) in [6.07, 6.45) is 0. The molecule has 0 unspecified atom stereocenters. The second kappa shape index (κ2) is 7.89. The molecule has 9 heteroatoms. The number of hydrogen-bond donors (Lipinski definition) is 2. The molecule has 4 rings (SSSR count). The normalized spacial score (nSPS) is 11.4. The zero-order chi connectivity index (χ0) is 21.3. The van der Waals surface area contributed by atoms with Gasteiger partial charge in [0.2, 0.25) is 0 Å². The third-order valence-electron chi connectivity index (χ3n) is 4.53. The fraction of sp³-hybridized carbons (Fsp3) is 0.0952. The molecule has 0 bridgehead atoms. The van der Waals surface area contributed by atoms with Gasteiger partial charge in [0.05, 0.1) is 40.9 Å². The SMILES string of the molecule is COc1ccc(S(=O)(=O)Nc2ccc3nc(-c4ccccc4Cl)[nH]c3c2)cc1OC. The van der Waals surface area contributed by atoms with E-state index in [1.54, 1.807) is 30.3 Å². The van der Waals surface area contributed by atoms with Gasteiger partial charge in [-0.15, -0.1) is 0 Å². The topological polar surface area (TPSA) is 93.3 Å². The first-order chi connectivity index (χ1) is 14.4. The quantitative estimate of drug-likeness (QED) is 0.450. The van der Waals surface area contributed by atoms with E-state index in [0.29, 0.717) is 39.1 Å². The van der Waals surface area contributed by atoms with Gasteiger partial charge in [-0.25, -0.2) is 13.4 Å². The minimum Gasteiger partial charge on any atom is -0.493 e. The number of methoxy groups -OCH3 is 2. The smallest absolute Gasteiger partial charge is 0.262 e. The number of benzene rings is 3. The predicted molar refractivity (Wildman–Crippen MR) is 117 cm³/mol. The molecule has 2 N–H and O–H groups in total. The van der Waals surface area contributed by atoms with E-state index in [1.807, 2.05) is 18.2 Å². The van der Waals surface area contributed by atoms with Gasteiger partial charge in [-0.1, -0.05) is 23.7 Å². The number of hydrogen-bond acceptors (Lipinski definition) is 5. The Balaban J connectivity index is 1.66. The summed E-state index contributed by atoms with van der Waals surface area (Å²) in [6.45, 7) is 0. The van der Waals surface area contributed by atoms with Gasteiger partial charge in [0.1, 0.15) is 5.82 Å². The Morgan fingerprint density at radius 2 is 1.73 bits per heavy atom. The van der Waals surface area contributed by atoms with E-state index in [1.165, 1.54) is 26.4 Å². The molecule has 0 saturated carbocycles. The van der Waals surface area contributed by atoms with Gasteiger partial charge in [-0.05, 0) is 42.5 Å². The molecule has 154 valence electrons. The van der Waals surface area contributed by atoms with Crippen LogP contribution in [0.2, 0.25) is 5.02 Å². The molecule has 0 fully saturated rings. The fourth-order valence-electron chi connectivity index (χ4n) is 3.05. The van der Waals surface area contributed by atoms with Crippen LogP contribution in [0.3, 0.4) is 0 Å². The molecule has 0 aliphatic heterocycles. The molecule has 7 nitrogen and oxygen atoms in total. The van der Waals surface area contributed by atoms with Crippen LogP contribution in [-0.2, 0) is 10.0 Å². The Bertz CT molecular complexity index is 1340. The molecule has 1 heterocycles. The van der Waals surface area contributed by atoms with Gasteiger partial charge in [-0.2, -0.15) is 0 Å². The summed E-state index contributed by atoms with van der Waals surface area (Å²) in [7, 11) is -0.897. The van der Waals surface area contributed by atoms with E-state index in [2.05, 4.69) is 14.7 Å². The van der Waals surface area contributed by atoms with Crippen LogP contribution < -0.4 is 14.2 Å². The van der Waals surface area contributed by atoms with Crippen molar-refractivity contribution in [3.05, 3.63) is 65.7 Å². The van der Waals surface area contributed by atoms with Crippen LogP contribution in [0.1, 0.15) is 0 Å². The van der Waals surface area contributed by atoms with Crippen molar-refractivity contribution in [2.45, 2.75) is 4.90 Å². The van der Waals surface area contributed by atoms with Crippen molar-refractivity contribution in [2.75, 3.05) is 18.9 Å². The molecule has 4 aromatic rings. The number of aromatic amines is 1. The summed E-state index contributed by atoms with van der Waals surface area (Å²) in [5.41, 5.74) is 2.53. The molecule has 0 saturated heterocycles. The number of halogens is 1. The Morgan fingerprint density at radius 3 is 2.47 bits per heavy atom. The highest BCUT2D eigenvalue weighted by Crippen LogP contribution is 2.31. The highest BCUT2D eigenvalue weighted by molar-refractivity contribution is 7.92. The summed E-state index contributed by atoms with van der Waals surface area (Å²) in [6, 6.07) is 16.8. The van der Waals surface area contributed by atoms with Crippen molar-refractivity contribution in [1.82, 2.24) is 9.97 Å². The molecule has 0 atom stereocenters. The van der Waals surface area contributed by atoms with Crippen LogP contribution in [0.5, 0.6) is 11.5 Å². The summed E-state index contributed by atoms with van der Waals surface area (Å²) >= 11 is 6.25. The Labute approximate surface area is 178 Å². The highest BCUT2D eigenvalue weighted by Gasteiger charge is 2.18. The van der Waals surface area contributed by atoms with E-state index in [-0.39, 0.29) is 4.90 Å². The van der Waals surface area contributed by atoms with Crippen molar-refractivity contribution in [3.8, 4) is 22.9 Å². The molecule has 0 aliphatic carbocycles. The number of nitrogens with zero attached hydrogens (tertiary/aromatic N) is 1. The monoisotopic (exact) mass is 443 g/mol. The number of anilines is 1. The van der Waals surface area contributed by atoms with Crippen molar-refractivity contribution < 1.29 is 17.9 Å². The first-order valence-electron chi connectivity index (χ1n) is 8.91. The number of rotatable bonds is 6. The summed E-state index contributed by atoms with van der Waals surface area (Å²) in [5.74, 6) is 1.38. The van der Waals surface area contributed by atoms with Gasteiger partial charge < -0.3 is 14.5 Å². The number of imidazole rings is 1. The number of fused-ring (bicyclic) bond motifs is 1. The van der Waals surface area contributed by atoms with Gasteiger partial charge in [-0.3, -0.25) is 4.72 Å². The van der Waals surface area contributed by atoms with Crippen LogP contribution in [0.15, 0.2) is 65.6 Å². The zero-order valence-corrected chi connectivity index (χ0v) is 17.7. The second-order valence-corrected chi connectivity index (χ2v) is 8.51. The Hall–Kier alpha value is -3.23. The van der Waals surface area contributed by atoms with E-state index < -0.39 is 10.0 Å². The number of H-pyrrole nitrogens is 1. The van der Waals surface area contributed by atoms with Crippen LogP contribution in [-0.4, -0.2) is 32.6 Å². The lowest BCUT2D eigenvalue weighted by molar-refractivity contribution is 0.354. The standard InChI is InChI=1S/C21H18ClN3O4S/c1-28-19-10-8-14(12-20(19)29-2)30(26,27)25-13-7-9-17-18(11-13)24-21(23-17)15-5-3-4-6-16(15)22/h3-12,25H,1-2H3,(H,23,24). The third kappa shape index (κ3) is 3.79. The third-order valence-corrected chi connectivity index (χ3v) is 6.24.